The van der Waals surface area contributed by atoms with Crippen molar-refractivity contribution in [3.05, 3.63) is 42.3 Å². The SMILES string of the molecule is CC(=O)N1CCC(n2nccc2NC(=O)Nc2cccc(F)c2)CC1. The number of piperidine rings is 1. The number of benzene rings is 1. The summed E-state index contributed by atoms with van der Waals surface area (Å²) in [7, 11) is 0. The van der Waals surface area contributed by atoms with Gasteiger partial charge in [-0.2, -0.15) is 5.10 Å². The number of urea groups is 1. The van der Waals surface area contributed by atoms with Crippen LogP contribution >= 0.6 is 0 Å². The number of hydrogen-bond acceptors (Lipinski definition) is 3. The largest absolute Gasteiger partial charge is 0.343 e. The summed E-state index contributed by atoms with van der Waals surface area (Å²) in [5, 5.41) is 9.62. The number of hydrogen-bond donors (Lipinski definition) is 2. The maximum absolute atomic E-state index is 13.2. The minimum absolute atomic E-state index is 0.0757. The molecule has 2 heterocycles. The van der Waals surface area contributed by atoms with E-state index in [9.17, 15) is 14.0 Å². The molecule has 132 valence electrons. The van der Waals surface area contributed by atoms with Crippen LogP contribution in [0.4, 0.5) is 20.7 Å². The lowest BCUT2D eigenvalue weighted by atomic mass is 10.1. The van der Waals surface area contributed by atoms with Gasteiger partial charge in [-0.15, -0.1) is 0 Å². The Kier molecular flexibility index (Phi) is 4.97. The summed E-state index contributed by atoms with van der Waals surface area (Å²) in [6, 6.07) is 7.06. The zero-order valence-corrected chi connectivity index (χ0v) is 13.9. The Morgan fingerprint density at radius 1 is 1.20 bits per heavy atom. The van der Waals surface area contributed by atoms with Gasteiger partial charge in [-0.25, -0.2) is 13.9 Å². The van der Waals surface area contributed by atoms with Gasteiger partial charge in [-0.3, -0.25) is 10.1 Å². The lowest BCUT2D eigenvalue weighted by Crippen LogP contribution is -2.38. The van der Waals surface area contributed by atoms with Gasteiger partial charge in [0, 0.05) is 31.8 Å². The fraction of sp³-hybridized carbons (Fsp3) is 0.353. The van der Waals surface area contributed by atoms with Gasteiger partial charge in [0.1, 0.15) is 11.6 Å². The Labute approximate surface area is 144 Å². The highest BCUT2D eigenvalue weighted by Crippen LogP contribution is 2.25. The molecule has 0 saturated carbocycles. The van der Waals surface area contributed by atoms with Gasteiger partial charge in [0.2, 0.25) is 5.91 Å². The van der Waals surface area contributed by atoms with Crippen LogP contribution in [0.3, 0.4) is 0 Å². The number of nitrogens with one attached hydrogen (secondary N) is 2. The van der Waals surface area contributed by atoms with Crippen LogP contribution in [-0.2, 0) is 4.79 Å². The van der Waals surface area contributed by atoms with Gasteiger partial charge in [0.15, 0.2) is 0 Å². The minimum Gasteiger partial charge on any atom is -0.343 e. The van der Waals surface area contributed by atoms with Crippen LogP contribution in [0.1, 0.15) is 25.8 Å². The number of likely N-dealkylation sites (tertiary alicyclic amines) is 1. The van der Waals surface area contributed by atoms with Gasteiger partial charge in [-0.05, 0) is 31.0 Å². The maximum Gasteiger partial charge on any atom is 0.324 e. The van der Waals surface area contributed by atoms with E-state index < -0.39 is 11.8 Å². The van der Waals surface area contributed by atoms with Crippen LogP contribution in [-0.4, -0.2) is 39.7 Å². The van der Waals surface area contributed by atoms with Gasteiger partial charge in [0.25, 0.3) is 0 Å². The van der Waals surface area contributed by atoms with E-state index in [2.05, 4.69) is 15.7 Å². The first kappa shape index (κ1) is 16.9. The quantitative estimate of drug-likeness (QED) is 0.898. The van der Waals surface area contributed by atoms with Crippen molar-refractivity contribution in [2.45, 2.75) is 25.8 Å². The van der Waals surface area contributed by atoms with E-state index in [0.29, 0.717) is 24.6 Å². The average Bonchev–Trinajstić information content (AvgIpc) is 3.02. The van der Waals surface area contributed by atoms with Gasteiger partial charge >= 0.3 is 6.03 Å². The van der Waals surface area contributed by atoms with Crippen LogP contribution in [0.25, 0.3) is 0 Å². The summed E-state index contributed by atoms with van der Waals surface area (Å²) in [4.78, 5) is 25.4. The fourth-order valence-corrected chi connectivity index (χ4v) is 2.97. The standard InChI is InChI=1S/C17H20FN5O2/c1-12(24)22-9-6-15(7-10-22)23-16(5-8-19-23)21-17(25)20-14-4-2-3-13(18)11-14/h2-5,8,11,15H,6-7,9-10H2,1H3,(H2,20,21,25). The first-order valence-electron chi connectivity index (χ1n) is 8.15. The number of aromatic nitrogens is 2. The number of rotatable bonds is 3. The molecule has 0 unspecified atom stereocenters. The Morgan fingerprint density at radius 3 is 2.64 bits per heavy atom. The molecule has 3 rings (SSSR count). The van der Waals surface area contributed by atoms with Crippen molar-refractivity contribution in [1.29, 1.82) is 0 Å². The summed E-state index contributed by atoms with van der Waals surface area (Å²) in [6.45, 7) is 2.92. The maximum atomic E-state index is 13.2. The van der Waals surface area contributed by atoms with E-state index in [4.69, 9.17) is 0 Å². The molecule has 1 aromatic heterocycles. The number of nitrogens with zero attached hydrogens (tertiary/aromatic N) is 3. The third kappa shape index (κ3) is 4.14. The van der Waals surface area contributed by atoms with Gasteiger partial charge in [0.05, 0.1) is 12.2 Å². The molecule has 7 nitrogen and oxygen atoms in total. The predicted molar refractivity (Wildman–Crippen MR) is 91.8 cm³/mol. The first-order valence-corrected chi connectivity index (χ1v) is 8.15. The molecular weight excluding hydrogens is 325 g/mol. The number of carbonyl (C=O) groups is 2. The number of amides is 3. The Hall–Kier alpha value is -2.90. The molecule has 2 aromatic rings. The third-order valence-corrected chi connectivity index (χ3v) is 4.25. The second-order valence-corrected chi connectivity index (χ2v) is 5.99. The second kappa shape index (κ2) is 7.33. The summed E-state index contributed by atoms with van der Waals surface area (Å²) in [5.74, 6) is 0.224. The van der Waals surface area contributed by atoms with Crippen molar-refractivity contribution in [2.75, 3.05) is 23.7 Å². The molecule has 1 aromatic carbocycles. The summed E-state index contributed by atoms with van der Waals surface area (Å²) in [6.07, 6.45) is 3.18. The van der Waals surface area contributed by atoms with Crippen molar-refractivity contribution in [3.8, 4) is 0 Å². The van der Waals surface area contributed by atoms with Gasteiger partial charge < -0.3 is 10.2 Å². The highest BCUT2D eigenvalue weighted by Gasteiger charge is 2.24. The number of halogens is 1. The zero-order valence-electron chi connectivity index (χ0n) is 13.9. The van der Waals surface area contributed by atoms with E-state index in [-0.39, 0.29) is 11.9 Å². The first-order chi connectivity index (χ1) is 12.0. The topological polar surface area (TPSA) is 79.3 Å². The van der Waals surface area contributed by atoms with Crippen molar-refractivity contribution in [3.63, 3.8) is 0 Å². The molecule has 1 aliphatic heterocycles. The molecule has 0 spiro atoms. The van der Waals surface area contributed by atoms with Crippen LogP contribution in [0.15, 0.2) is 36.5 Å². The van der Waals surface area contributed by atoms with Crippen molar-refractivity contribution >= 4 is 23.4 Å². The fourth-order valence-electron chi connectivity index (χ4n) is 2.97. The molecule has 1 saturated heterocycles. The second-order valence-electron chi connectivity index (χ2n) is 5.99. The Balaban J connectivity index is 1.62. The normalized spacial score (nSPS) is 15.0. The molecule has 3 amide bonds. The highest BCUT2D eigenvalue weighted by atomic mass is 19.1. The molecule has 0 bridgehead atoms. The minimum atomic E-state index is -0.464. The molecule has 1 fully saturated rings. The Bertz CT molecular complexity index is 768. The van der Waals surface area contributed by atoms with E-state index >= 15 is 0 Å². The molecule has 25 heavy (non-hydrogen) atoms. The van der Waals surface area contributed by atoms with E-state index in [1.165, 1.54) is 18.2 Å². The molecule has 0 radical (unpaired) electrons. The molecule has 2 N–H and O–H groups in total. The predicted octanol–water partition coefficient (Wildman–Crippen LogP) is 2.85. The molecular formula is C17H20FN5O2. The Morgan fingerprint density at radius 2 is 1.96 bits per heavy atom. The molecule has 0 atom stereocenters. The van der Waals surface area contributed by atoms with Crippen LogP contribution in [0.5, 0.6) is 0 Å². The van der Waals surface area contributed by atoms with Crippen LogP contribution < -0.4 is 10.6 Å². The lowest BCUT2D eigenvalue weighted by Gasteiger charge is -2.32. The zero-order chi connectivity index (χ0) is 17.8. The molecule has 1 aliphatic rings. The third-order valence-electron chi connectivity index (χ3n) is 4.25. The average molecular weight is 345 g/mol. The number of carbonyl (C=O) groups excluding carboxylic acids is 2. The summed E-state index contributed by atoms with van der Waals surface area (Å²) in [5.41, 5.74) is 0.373. The van der Waals surface area contributed by atoms with E-state index in [1.807, 2.05) is 4.90 Å². The van der Waals surface area contributed by atoms with E-state index in [1.54, 1.807) is 29.9 Å². The highest BCUT2D eigenvalue weighted by molar-refractivity contribution is 5.99. The van der Waals surface area contributed by atoms with Crippen molar-refractivity contribution in [1.82, 2.24) is 14.7 Å². The van der Waals surface area contributed by atoms with Crippen LogP contribution in [0, 0.1) is 5.82 Å². The van der Waals surface area contributed by atoms with Crippen molar-refractivity contribution < 1.29 is 14.0 Å². The number of anilines is 2. The monoisotopic (exact) mass is 345 g/mol. The van der Waals surface area contributed by atoms with E-state index in [0.717, 1.165) is 12.8 Å². The van der Waals surface area contributed by atoms with Crippen LogP contribution in [0.2, 0.25) is 0 Å². The lowest BCUT2D eigenvalue weighted by molar-refractivity contribution is -0.130. The van der Waals surface area contributed by atoms with Gasteiger partial charge in [-0.1, -0.05) is 6.07 Å². The smallest absolute Gasteiger partial charge is 0.324 e. The summed E-state index contributed by atoms with van der Waals surface area (Å²) < 4.78 is 14.9. The molecule has 8 heteroatoms. The molecule has 0 aliphatic carbocycles. The van der Waals surface area contributed by atoms with Crippen molar-refractivity contribution in [2.24, 2.45) is 0 Å². The summed E-state index contributed by atoms with van der Waals surface area (Å²) >= 11 is 0.